The summed E-state index contributed by atoms with van der Waals surface area (Å²) >= 11 is 5.99. The summed E-state index contributed by atoms with van der Waals surface area (Å²) in [5, 5.41) is 7.85. The highest BCUT2D eigenvalue weighted by atomic mass is 35.5. The summed E-state index contributed by atoms with van der Waals surface area (Å²) in [6.07, 6.45) is 4.10. The van der Waals surface area contributed by atoms with Gasteiger partial charge in [-0.2, -0.15) is 5.10 Å². The number of hydrogen-bond acceptors (Lipinski definition) is 5. The molecule has 1 N–H and O–H groups in total. The predicted octanol–water partition coefficient (Wildman–Crippen LogP) is 4.08. The van der Waals surface area contributed by atoms with Gasteiger partial charge in [0.1, 0.15) is 11.6 Å². The predicted molar refractivity (Wildman–Crippen MR) is 96.4 cm³/mol. The second-order valence-electron chi connectivity index (χ2n) is 6.07. The number of methoxy groups -OCH3 is 1. The van der Waals surface area contributed by atoms with E-state index >= 15 is 0 Å². The fraction of sp³-hybridized carbons (Fsp3) is 0.278. The molecule has 1 aliphatic rings. The standard InChI is InChI=1S/C18H18ClN5O/c1-25-14-6-2-12(3-7-14)11-24(16-8-9-20-18(19)21-16)17-10-15(22-23-17)13-4-5-13/h2-3,6-10,13H,4-5,11H2,1H3,(H,22,23). The Morgan fingerprint density at radius 1 is 1.20 bits per heavy atom. The van der Waals surface area contributed by atoms with Gasteiger partial charge in [-0.25, -0.2) is 9.97 Å². The van der Waals surface area contributed by atoms with Gasteiger partial charge in [-0.1, -0.05) is 12.1 Å². The molecule has 7 heteroatoms. The Bertz CT molecular complexity index is 860. The van der Waals surface area contributed by atoms with E-state index < -0.39 is 0 Å². The molecule has 128 valence electrons. The molecule has 0 saturated heterocycles. The fourth-order valence-corrected chi connectivity index (χ4v) is 2.88. The lowest BCUT2D eigenvalue weighted by Crippen LogP contribution is -2.18. The van der Waals surface area contributed by atoms with Crippen molar-refractivity contribution in [3.8, 4) is 5.75 Å². The third-order valence-electron chi connectivity index (χ3n) is 4.27. The van der Waals surface area contributed by atoms with Crippen LogP contribution in [0.5, 0.6) is 5.75 Å². The van der Waals surface area contributed by atoms with E-state index in [1.54, 1.807) is 13.3 Å². The number of nitrogens with zero attached hydrogens (tertiary/aromatic N) is 4. The normalized spacial score (nSPS) is 13.7. The van der Waals surface area contributed by atoms with Crippen LogP contribution in [0.15, 0.2) is 42.6 Å². The maximum atomic E-state index is 5.99. The monoisotopic (exact) mass is 355 g/mol. The van der Waals surface area contributed by atoms with E-state index in [0.29, 0.717) is 18.3 Å². The summed E-state index contributed by atoms with van der Waals surface area (Å²) in [6, 6.07) is 11.9. The molecule has 0 amide bonds. The molecule has 6 nitrogen and oxygen atoms in total. The summed E-state index contributed by atoms with van der Waals surface area (Å²) in [6.45, 7) is 0.617. The highest BCUT2D eigenvalue weighted by Crippen LogP contribution is 2.40. The Balaban J connectivity index is 1.66. The Kier molecular flexibility index (Phi) is 4.28. The number of rotatable bonds is 6. The molecule has 1 saturated carbocycles. The Morgan fingerprint density at radius 3 is 2.68 bits per heavy atom. The number of halogens is 1. The van der Waals surface area contributed by atoms with Crippen LogP contribution in [0, 0.1) is 0 Å². The van der Waals surface area contributed by atoms with E-state index in [-0.39, 0.29) is 5.28 Å². The van der Waals surface area contributed by atoms with Crippen molar-refractivity contribution in [1.82, 2.24) is 20.2 Å². The average Bonchev–Trinajstić information content (AvgIpc) is 3.38. The minimum Gasteiger partial charge on any atom is -0.497 e. The molecule has 0 atom stereocenters. The molecule has 1 fully saturated rings. The van der Waals surface area contributed by atoms with Gasteiger partial charge < -0.3 is 9.64 Å². The summed E-state index contributed by atoms with van der Waals surface area (Å²) in [5.41, 5.74) is 2.29. The van der Waals surface area contributed by atoms with Crippen molar-refractivity contribution in [2.45, 2.75) is 25.3 Å². The van der Waals surface area contributed by atoms with Gasteiger partial charge in [0, 0.05) is 23.9 Å². The maximum Gasteiger partial charge on any atom is 0.224 e. The molecule has 1 aliphatic carbocycles. The van der Waals surface area contributed by atoms with E-state index in [9.17, 15) is 0 Å². The Hall–Kier alpha value is -2.60. The Labute approximate surface area is 150 Å². The van der Waals surface area contributed by atoms with Gasteiger partial charge in [0.2, 0.25) is 5.28 Å². The Morgan fingerprint density at radius 2 is 2.00 bits per heavy atom. The number of H-pyrrole nitrogens is 1. The van der Waals surface area contributed by atoms with Gasteiger partial charge in [0.15, 0.2) is 5.82 Å². The lowest BCUT2D eigenvalue weighted by molar-refractivity contribution is 0.414. The van der Waals surface area contributed by atoms with Crippen LogP contribution in [-0.4, -0.2) is 27.3 Å². The van der Waals surface area contributed by atoms with Crippen LogP contribution in [0.1, 0.15) is 30.0 Å². The van der Waals surface area contributed by atoms with Crippen LogP contribution in [0.2, 0.25) is 5.28 Å². The number of aromatic nitrogens is 4. The van der Waals surface area contributed by atoms with Gasteiger partial charge in [-0.15, -0.1) is 0 Å². The summed E-state index contributed by atoms with van der Waals surface area (Å²) < 4.78 is 5.23. The lowest BCUT2D eigenvalue weighted by atomic mass is 10.2. The minimum absolute atomic E-state index is 0.218. The first-order valence-electron chi connectivity index (χ1n) is 8.17. The highest BCUT2D eigenvalue weighted by Gasteiger charge is 2.27. The first kappa shape index (κ1) is 15.9. The van der Waals surface area contributed by atoms with Crippen LogP contribution in [-0.2, 0) is 6.54 Å². The van der Waals surface area contributed by atoms with Crippen molar-refractivity contribution in [2.75, 3.05) is 12.0 Å². The number of ether oxygens (including phenoxy) is 1. The van der Waals surface area contributed by atoms with Crippen LogP contribution in [0.25, 0.3) is 0 Å². The maximum absolute atomic E-state index is 5.99. The van der Waals surface area contributed by atoms with Crippen molar-refractivity contribution in [2.24, 2.45) is 0 Å². The first-order chi connectivity index (χ1) is 12.2. The minimum atomic E-state index is 0.218. The van der Waals surface area contributed by atoms with Crippen LogP contribution >= 0.6 is 11.6 Å². The van der Waals surface area contributed by atoms with Crippen molar-refractivity contribution in [3.63, 3.8) is 0 Å². The van der Waals surface area contributed by atoms with E-state index in [4.69, 9.17) is 16.3 Å². The molecule has 0 spiro atoms. The third kappa shape index (κ3) is 3.58. The SMILES string of the molecule is COc1ccc(CN(c2cc(C3CC3)[nH]n2)c2ccnc(Cl)n2)cc1. The van der Waals surface area contributed by atoms with E-state index in [2.05, 4.69) is 26.2 Å². The van der Waals surface area contributed by atoms with Crippen molar-refractivity contribution < 1.29 is 4.74 Å². The van der Waals surface area contributed by atoms with Gasteiger partial charge in [0.05, 0.1) is 13.7 Å². The molecule has 4 rings (SSSR count). The molecule has 3 aromatic rings. The molecular weight excluding hydrogens is 338 g/mol. The molecule has 25 heavy (non-hydrogen) atoms. The van der Waals surface area contributed by atoms with Gasteiger partial charge in [0.25, 0.3) is 0 Å². The topological polar surface area (TPSA) is 66.9 Å². The molecular formula is C18H18ClN5O. The molecule has 0 unspecified atom stereocenters. The van der Waals surface area contributed by atoms with E-state index in [1.165, 1.54) is 18.5 Å². The number of benzene rings is 1. The molecule has 1 aromatic carbocycles. The second kappa shape index (κ2) is 6.72. The number of aromatic amines is 1. The smallest absolute Gasteiger partial charge is 0.224 e. The number of hydrogen-bond donors (Lipinski definition) is 1. The van der Waals surface area contributed by atoms with Crippen molar-refractivity contribution >= 4 is 23.2 Å². The van der Waals surface area contributed by atoms with E-state index in [1.807, 2.05) is 35.2 Å². The molecule has 0 aliphatic heterocycles. The lowest BCUT2D eigenvalue weighted by Gasteiger charge is -2.21. The molecule has 2 heterocycles. The van der Waals surface area contributed by atoms with Crippen molar-refractivity contribution in [3.05, 3.63) is 59.1 Å². The average molecular weight is 356 g/mol. The fourth-order valence-electron chi connectivity index (χ4n) is 2.74. The van der Waals surface area contributed by atoms with Crippen LogP contribution in [0.3, 0.4) is 0 Å². The zero-order chi connectivity index (χ0) is 17.2. The molecule has 0 bridgehead atoms. The largest absolute Gasteiger partial charge is 0.497 e. The summed E-state index contributed by atoms with van der Waals surface area (Å²) in [4.78, 5) is 10.3. The third-order valence-corrected chi connectivity index (χ3v) is 4.45. The molecule has 2 aromatic heterocycles. The molecule has 0 radical (unpaired) electrons. The zero-order valence-corrected chi connectivity index (χ0v) is 14.6. The first-order valence-corrected chi connectivity index (χ1v) is 8.55. The van der Waals surface area contributed by atoms with Gasteiger partial charge in [-0.3, -0.25) is 5.10 Å². The number of anilines is 2. The van der Waals surface area contributed by atoms with Crippen LogP contribution in [0.4, 0.5) is 11.6 Å². The number of nitrogens with one attached hydrogen (secondary N) is 1. The van der Waals surface area contributed by atoms with E-state index in [0.717, 1.165) is 17.1 Å². The summed E-state index contributed by atoms with van der Waals surface area (Å²) in [5.74, 6) is 2.98. The zero-order valence-electron chi connectivity index (χ0n) is 13.8. The highest BCUT2D eigenvalue weighted by molar-refractivity contribution is 6.28. The van der Waals surface area contributed by atoms with Gasteiger partial charge in [-0.05, 0) is 48.2 Å². The quantitative estimate of drug-likeness (QED) is 0.675. The van der Waals surface area contributed by atoms with Crippen molar-refractivity contribution in [1.29, 1.82) is 0 Å². The second-order valence-corrected chi connectivity index (χ2v) is 6.41. The van der Waals surface area contributed by atoms with Crippen LogP contribution < -0.4 is 9.64 Å². The summed E-state index contributed by atoms with van der Waals surface area (Å²) in [7, 11) is 1.66. The van der Waals surface area contributed by atoms with Gasteiger partial charge >= 0.3 is 0 Å².